The number of carbonyl (C=O) groups excluding carboxylic acids is 2. The number of nitrogens with zero attached hydrogens (tertiary/aromatic N) is 5. The molecule has 0 aliphatic carbocycles. The number of benzene rings is 1. The third-order valence-corrected chi connectivity index (χ3v) is 11.1. The summed E-state index contributed by atoms with van der Waals surface area (Å²) >= 11 is 0. The molecule has 1 aromatic carbocycles. The maximum absolute atomic E-state index is 9.87. The Bertz CT molecular complexity index is 2200. The number of carboxylic acids is 2. The van der Waals surface area contributed by atoms with E-state index in [0.717, 1.165) is 78.3 Å². The van der Waals surface area contributed by atoms with Crippen LogP contribution in [0.15, 0.2) is 60.1 Å². The molecule has 3 radical (unpaired) electrons. The molecule has 3 aliphatic rings. The number of carbonyl (C=O) groups is 2. The van der Waals surface area contributed by atoms with Crippen LogP contribution in [0.2, 0.25) is 0 Å². The van der Waals surface area contributed by atoms with E-state index in [4.69, 9.17) is 82.7 Å². The number of aliphatic carboxylic acids is 2. The smallest absolute Gasteiger partial charge is 0.163 e. The van der Waals surface area contributed by atoms with Gasteiger partial charge in [-0.3, -0.25) is 15.0 Å². The summed E-state index contributed by atoms with van der Waals surface area (Å²) in [6.07, 6.45) is 10.6. The number of aromatic nitrogens is 1. The maximum atomic E-state index is 9.87. The van der Waals surface area contributed by atoms with E-state index in [1.54, 1.807) is 26.6 Å². The summed E-state index contributed by atoms with van der Waals surface area (Å²) in [5, 5.41) is 37.5. The van der Waals surface area contributed by atoms with Gasteiger partial charge in [-0.25, -0.2) is 4.99 Å². The summed E-state index contributed by atoms with van der Waals surface area (Å²) in [5.74, 6) is -1.23. The van der Waals surface area contributed by atoms with Gasteiger partial charge in [0.25, 0.3) is 0 Å². The normalized spacial score (nSPS) is 14.4. The van der Waals surface area contributed by atoms with Gasteiger partial charge in [0, 0.05) is 162 Å². The number of aliphatic hydroxyl groups is 2. The Morgan fingerprint density at radius 3 is 1.57 bits per heavy atom. The second-order valence-electron chi connectivity index (χ2n) is 16.2. The average Bonchev–Trinajstić information content (AvgIpc) is 3.94. The van der Waals surface area contributed by atoms with Crippen molar-refractivity contribution in [2.24, 2.45) is 20.0 Å². The number of aliphatic imine (C=N–C) groups is 4. The predicted octanol–water partition coefficient (Wildman–Crippen LogP) is 3.86. The zero-order chi connectivity index (χ0) is 52.0. The van der Waals surface area contributed by atoms with Crippen LogP contribution in [0.5, 0.6) is 11.5 Å². The molecule has 0 saturated carbocycles. The van der Waals surface area contributed by atoms with Crippen molar-refractivity contribution in [2.45, 2.75) is 92.5 Å². The van der Waals surface area contributed by atoms with E-state index >= 15 is 0 Å². The van der Waals surface area contributed by atoms with Crippen molar-refractivity contribution in [2.75, 3.05) is 107 Å². The third kappa shape index (κ3) is 25.9. The van der Waals surface area contributed by atoms with Gasteiger partial charge in [-0.15, -0.1) is 5.69 Å². The Kier molecular flexibility index (Phi) is 41.3. The Hall–Kier alpha value is -1.68. The van der Waals surface area contributed by atoms with E-state index in [1.165, 1.54) is 16.7 Å². The van der Waals surface area contributed by atoms with Crippen LogP contribution in [-0.2, 0) is 57.3 Å². The molecule has 2 N–H and O–H groups in total. The van der Waals surface area contributed by atoms with Crippen LogP contribution in [-0.4, -0.2) is 159 Å². The second-order valence-corrected chi connectivity index (χ2v) is 16.2. The number of hydrogen-bond acceptors (Lipinski definition) is 18. The van der Waals surface area contributed by atoms with Gasteiger partial charge >= 0.3 is 0 Å². The molecule has 3 aliphatic heterocycles. The minimum Gasteiger partial charge on any atom is -0.661 e. The van der Waals surface area contributed by atoms with Crippen LogP contribution in [0.1, 0.15) is 89.7 Å². The average molecular weight is 1520 g/mol. The van der Waals surface area contributed by atoms with E-state index in [0.29, 0.717) is 115 Å². The molecule has 22 heteroatoms. The van der Waals surface area contributed by atoms with Gasteiger partial charge in [-0.1, -0.05) is 31.1 Å². The summed E-state index contributed by atoms with van der Waals surface area (Å²) in [7, 11) is 3.28. The van der Waals surface area contributed by atoms with Gasteiger partial charge in [-0.05, 0) is 94.9 Å². The van der Waals surface area contributed by atoms with E-state index in [1.807, 2.05) is 12.1 Å². The van der Waals surface area contributed by atoms with Crippen molar-refractivity contribution < 1.29 is 179 Å². The molecule has 4 heterocycles. The number of methoxy groups -OCH3 is 2. The summed E-state index contributed by atoms with van der Waals surface area (Å²) in [6.45, 7) is 15.6. The van der Waals surface area contributed by atoms with Gasteiger partial charge in [0.15, 0.2) is 11.5 Å². The van der Waals surface area contributed by atoms with Crippen LogP contribution in [0, 0.1) is 111 Å². The molecule has 5 rings (SSSR count). The fraction of sp³-hybridized carbons (Fsp3) is 0.577. The monoisotopic (exact) mass is 1520 g/mol. The maximum Gasteiger partial charge on any atom is 0.163 e. The summed E-state index contributed by atoms with van der Waals surface area (Å²) in [6, 6.07) is 3.51. The minimum absolute atomic E-state index is 0. The van der Waals surface area contributed by atoms with Crippen LogP contribution in [0.4, 0.5) is 11.4 Å². The fourth-order valence-electron chi connectivity index (χ4n) is 7.73. The van der Waals surface area contributed by atoms with E-state index in [-0.39, 0.29) is 143 Å². The van der Waals surface area contributed by atoms with E-state index in [9.17, 15) is 10.2 Å². The van der Waals surface area contributed by atoms with Crippen LogP contribution >= 0.6 is 0 Å². The third-order valence-electron chi connectivity index (χ3n) is 11.1. The molecule has 1 unspecified atom stereocenters. The van der Waals surface area contributed by atoms with Crippen molar-refractivity contribution in [3.05, 3.63) is 62.6 Å². The summed E-state index contributed by atoms with van der Waals surface area (Å²) in [5.41, 5.74) is 12.1. The van der Waals surface area contributed by atoms with Gasteiger partial charge in [-0.2, -0.15) is 5.69 Å². The molecule has 1 atom stereocenters. The number of aliphatic hydroxyl groups excluding tert-OH is 2. The summed E-state index contributed by atoms with van der Waals surface area (Å²) in [4.78, 5) is 43.5. The number of carboxylic acid groups (broad SMARTS) is 2. The van der Waals surface area contributed by atoms with Gasteiger partial charge < -0.3 is 72.9 Å². The molecule has 0 fully saturated rings. The molecule has 19 nitrogen and oxygen atoms in total. The molecule has 2 aromatic rings. The molecule has 439 valence electrons. The van der Waals surface area contributed by atoms with E-state index < -0.39 is 11.9 Å². The Balaban J connectivity index is 0.00000451. The Morgan fingerprint density at radius 1 is 0.662 bits per heavy atom. The second kappa shape index (κ2) is 42.3. The van der Waals surface area contributed by atoms with Crippen LogP contribution < -0.4 is 24.7 Å². The first-order chi connectivity index (χ1) is 34.3. The molecule has 0 saturated heterocycles. The molecule has 74 heavy (non-hydrogen) atoms. The molecule has 6 bridgehead atoms. The fourth-order valence-corrected chi connectivity index (χ4v) is 7.73. The number of fused-ring (bicyclic) bond motifs is 5. The zero-order valence-corrected chi connectivity index (χ0v) is 48.6. The first kappa shape index (κ1) is 72.3. The molecule has 1 aromatic heterocycles. The van der Waals surface area contributed by atoms with Gasteiger partial charge in [0.05, 0.1) is 113 Å². The number of allylic oxidation sites excluding steroid dienone is 3. The number of hydrogen-bond donors (Lipinski definition) is 2. The van der Waals surface area contributed by atoms with Crippen molar-refractivity contribution in [1.82, 2.24) is 4.98 Å². The Morgan fingerprint density at radius 2 is 1.11 bits per heavy atom. The van der Waals surface area contributed by atoms with Crippen LogP contribution in [0.25, 0.3) is 6.08 Å². The first-order valence-electron chi connectivity index (χ1n) is 24.2. The van der Waals surface area contributed by atoms with Crippen molar-refractivity contribution in [1.29, 1.82) is 0 Å². The Labute approximate surface area is 524 Å². The standard InChI is InChI=1S/C48H68N5O10.2C2H4O2.3Lu/c1-7-35-36(8-2)40-28-42-38(12-10-14-55)34(4)46(53-42)32-50-44-30-48(63-26-24-61-22-20-59-18-16-57-6)47(62-25-23-60-21-19-58-17-15-56-5)29-43(44)49-31-45-33(3)37(11-9-13-54)41(52-45)27-39(35)51-40;2*1-2(3)4;;;/h27,29-32,42,54-55H,7-26,28H2,1-6H3;2*1H3,(H,3,4);;;/q-1;;;;;/p-2. The SMILES string of the molecule is CC(=O)[O-].CC(=O)[O-].CCc1c2[n-]c(c1CC)CC1N=C(C=Nc3cc(OCCOCCOCCOC)c(OCCOCCOCCOC)cc3N=CC3=NC(=C2)C(CCCO)=C3C)C(C)=C1CCCO.[Lu].[Lu].[Lu]. The number of ether oxygens (including phenoxy) is 8. The largest absolute Gasteiger partial charge is 0.661 e. The van der Waals surface area contributed by atoms with Gasteiger partial charge in [0.2, 0.25) is 0 Å². The van der Waals surface area contributed by atoms with E-state index in [2.05, 4.69) is 33.8 Å². The van der Waals surface area contributed by atoms with Crippen molar-refractivity contribution in [3.8, 4) is 11.5 Å². The molecule has 0 amide bonds. The molecule has 0 spiro atoms. The topological polar surface area (TPSA) is 258 Å². The van der Waals surface area contributed by atoms with Crippen LogP contribution in [0.3, 0.4) is 0 Å². The van der Waals surface area contributed by atoms with Crippen molar-refractivity contribution in [3.63, 3.8) is 0 Å². The number of rotatable bonds is 28. The van der Waals surface area contributed by atoms with Crippen molar-refractivity contribution >= 4 is 53.2 Å². The predicted molar refractivity (Wildman–Crippen MR) is 269 cm³/mol. The summed E-state index contributed by atoms with van der Waals surface area (Å²) < 4.78 is 45.3. The van der Waals surface area contributed by atoms with Gasteiger partial charge in [0.1, 0.15) is 13.2 Å². The zero-order valence-electron chi connectivity index (χ0n) is 43.6. The minimum atomic E-state index is -1.08. The first-order valence-corrected chi connectivity index (χ1v) is 24.2. The molecular weight excluding hydrogens is 1440 g/mol. The quantitative estimate of drug-likeness (QED) is 0.115. The molecular formula is C52H74Lu3N5O14-3.